The normalized spacial score (nSPS) is 28.6. The van der Waals surface area contributed by atoms with Gasteiger partial charge in [-0.3, -0.25) is 0 Å². The van der Waals surface area contributed by atoms with Crippen LogP contribution in [0.15, 0.2) is 48.6 Å². The van der Waals surface area contributed by atoms with E-state index in [0.29, 0.717) is 0 Å². The third kappa shape index (κ3) is 6.47. The van der Waals surface area contributed by atoms with E-state index in [0.717, 1.165) is 19.3 Å². The van der Waals surface area contributed by atoms with E-state index < -0.39 is 0 Å². The fourth-order valence-electron chi connectivity index (χ4n) is 1.40. The van der Waals surface area contributed by atoms with E-state index in [1.807, 2.05) is 0 Å². The second-order valence-electron chi connectivity index (χ2n) is 3.54. The first-order chi connectivity index (χ1) is 7.00. The molecule has 0 radical (unpaired) electrons. The van der Waals surface area contributed by atoms with Gasteiger partial charge in [0.05, 0.1) is 0 Å². The number of rotatable bonds is 0. The molecule has 0 aromatic rings. The molecule has 0 amide bonds. The molecular weight excluding hydrogens is 168 g/mol. The lowest BCUT2D eigenvalue weighted by atomic mass is 10.2. The fraction of sp³-hybridized carbons (Fsp3) is 0.429. The summed E-state index contributed by atoms with van der Waals surface area (Å²) in [4.78, 5) is 0. The summed E-state index contributed by atoms with van der Waals surface area (Å²) >= 11 is 0. The predicted octanol–water partition coefficient (Wildman–Crippen LogP) is 4.57. The second kappa shape index (κ2) is 8.55. The highest BCUT2D eigenvalue weighted by atomic mass is 13.9. The molecule has 0 heteroatoms. The van der Waals surface area contributed by atoms with Crippen LogP contribution in [0.5, 0.6) is 0 Å². The van der Waals surface area contributed by atoms with Gasteiger partial charge in [-0.25, -0.2) is 0 Å². The van der Waals surface area contributed by atoms with Gasteiger partial charge in [0.1, 0.15) is 0 Å². The Morgan fingerprint density at radius 2 is 1.07 bits per heavy atom. The maximum Gasteiger partial charge on any atom is -0.0169 e. The maximum absolute atomic E-state index is 2.29. The standard InChI is InChI=1S/C14H20/c1-2-4-6-8-10-12-14-13-11-9-7-5-3-1/h1-4,9,11-12,14H,5-8,10,13H2/b3-1-,4-2+,11-9-,14-12-. The van der Waals surface area contributed by atoms with Crippen molar-refractivity contribution < 1.29 is 0 Å². The molecule has 0 unspecified atom stereocenters. The Bertz CT molecular complexity index is 228. The average Bonchev–Trinajstić information content (AvgIpc) is 2.22. The summed E-state index contributed by atoms with van der Waals surface area (Å²) in [5.41, 5.74) is 0. The minimum Gasteiger partial charge on any atom is -0.0882 e. The Labute approximate surface area is 87.7 Å². The van der Waals surface area contributed by atoms with Crippen LogP contribution in [-0.4, -0.2) is 0 Å². The summed E-state index contributed by atoms with van der Waals surface area (Å²) < 4.78 is 0. The molecule has 0 saturated carbocycles. The zero-order chi connectivity index (χ0) is 9.90. The van der Waals surface area contributed by atoms with Crippen LogP contribution < -0.4 is 0 Å². The van der Waals surface area contributed by atoms with E-state index in [1.165, 1.54) is 19.3 Å². The number of allylic oxidation sites excluding steroid dienone is 8. The topological polar surface area (TPSA) is 0 Å². The molecule has 0 aliphatic heterocycles. The molecule has 0 heterocycles. The smallest absolute Gasteiger partial charge is 0.0169 e. The van der Waals surface area contributed by atoms with E-state index >= 15 is 0 Å². The molecule has 0 atom stereocenters. The van der Waals surface area contributed by atoms with Crippen molar-refractivity contribution in [3.05, 3.63) is 48.6 Å². The van der Waals surface area contributed by atoms with Crippen molar-refractivity contribution in [3.8, 4) is 0 Å². The number of hydrogen-bond acceptors (Lipinski definition) is 0. The molecule has 0 fully saturated rings. The first kappa shape index (κ1) is 11.0. The van der Waals surface area contributed by atoms with E-state index in [1.54, 1.807) is 0 Å². The molecule has 0 spiro atoms. The summed E-state index contributed by atoms with van der Waals surface area (Å²) in [5.74, 6) is 0. The third-order valence-corrected chi connectivity index (χ3v) is 2.23. The molecule has 1 aliphatic carbocycles. The van der Waals surface area contributed by atoms with E-state index in [-0.39, 0.29) is 0 Å². The molecule has 0 aromatic heterocycles. The van der Waals surface area contributed by atoms with Crippen LogP contribution in [0, 0.1) is 0 Å². The van der Waals surface area contributed by atoms with E-state index in [9.17, 15) is 0 Å². The van der Waals surface area contributed by atoms with Crippen molar-refractivity contribution >= 4 is 0 Å². The van der Waals surface area contributed by atoms with Gasteiger partial charge in [-0.2, -0.15) is 0 Å². The first-order valence-corrected chi connectivity index (χ1v) is 5.62. The van der Waals surface area contributed by atoms with Crippen LogP contribution in [0.1, 0.15) is 38.5 Å². The Morgan fingerprint density at radius 1 is 0.500 bits per heavy atom. The molecule has 1 aliphatic rings. The molecule has 0 nitrogen and oxygen atoms in total. The van der Waals surface area contributed by atoms with Gasteiger partial charge in [-0.05, 0) is 38.5 Å². The summed E-state index contributed by atoms with van der Waals surface area (Å²) in [5, 5.41) is 0. The summed E-state index contributed by atoms with van der Waals surface area (Å²) in [6.07, 6.45) is 25.0. The summed E-state index contributed by atoms with van der Waals surface area (Å²) in [6, 6.07) is 0. The zero-order valence-corrected chi connectivity index (χ0v) is 8.86. The molecule has 14 heavy (non-hydrogen) atoms. The zero-order valence-electron chi connectivity index (χ0n) is 8.86. The minimum atomic E-state index is 1.10. The third-order valence-electron chi connectivity index (χ3n) is 2.23. The molecule has 0 bridgehead atoms. The van der Waals surface area contributed by atoms with Crippen LogP contribution in [0.4, 0.5) is 0 Å². The molecular formula is C14H20. The largest absolute Gasteiger partial charge is 0.0882 e. The monoisotopic (exact) mass is 188 g/mol. The maximum atomic E-state index is 2.29. The average molecular weight is 188 g/mol. The van der Waals surface area contributed by atoms with Gasteiger partial charge in [0.2, 0.25) is 0 Å². The van der Waals surface area contributed by atoms with E-state index in [4.69, 9.17) is 0 Å². The van der Waals surface area contributed by atoms with Crippen molar-refractivity contribution in [1.29, 1.82) is 0 Å². The lowest BCUT2D eigenvalue weighted by Crippen LogP contribution is -1.70. The Kier molecular flexibility index (Phi) is 6.74. The molecule has 1 rings (SSSR count). The second-order valence-corrected chi connectivity index (χ2v) is 3.54. The fourth-order valence-corrected chi connectivity index (χ4v) is 1.40. The highest BCUT2D eigenvalue weighted by molar-refractivity contribution is 5.03. The predicted molar refractivity (Wildman–Crippen MR) is 64.3 cm³/mol. The van der Waals surface area contributed by atoms with Crippen LogP contribution in [-0.2, 0) is 0 Å². The van der Waals surface area contributed by atoms with Crippen molar-refractivity contribution in [2.75, 3.05) is 0 Å². The quantitative estimate of drug-likeness (QED) is 0.489. The van der Waals surface area contributed by atoms with Crippen molar-refractivity contribution in [2.45, 2.75) is 38.5 Å². The van der Waals surface area contributed by atoms with Gasteiger partial charge in [0, 0.05) is 0 Å². The Balaban J connectivity index is 2.34. The summed E-state index contributed by atoms with van der Waals surface area (Å²) in [7, 11) is 0. The highest BCUT2D eigenvalue weighted by Gasteiger charge is 1.81. The first-order valence-electron chi connectivity index (χ1n) is 5.62. The van der Waals surface area contributed by atoms with Crippen LogP contribution in [0.3, 0.4) is 0 Å². The highest BCUT2D eigenvalue weighted by Crippen LogP contribution is 2.01. The molecule has 0 aromatic carbocycles. The van der Waals surface area contributed by atoms with Gasteiger partial charge in [-0.15, -0.1) is 0 Å². The van der Waals surface area contributed by atoms with Gasteiger partial charge in [0.25, 0.3) is 0 Å². The van der Waals surface area contributed by atoms with Gasteiger partial charge < -0.3 is 0 Å². The van der Waals surface area contributed by atoms with Crippen molar-refractivity contribution in [1.82, 2.24) is 0 Å². The lowest BCUT2D eigenvalue weighted by Gasteiger charge is -1.91. The lowest BCUT2D eigenvalue weighted by molar-refractivity contribution is 0.865. The van der Waals surface area contributed by atoms with Crippen molar-refractivity contribution in [2.24, 2.45) is 0 Å². The van der Waals surface area contributed by atoms with Gasteiger partial charge in [0.15, 0.2) is 0 Å². The summed E-state index contributed by atoms with van der Waals surface area (Å²) in [6.45, 7) is 0. The SMILES string of the molecule is C1=C\CC/C=C\C/C=C\CCC/C=C/1. The van der Waals surface area contributed by atoms with Gasteiger partial charge >= 0.3 is 0 Å². The van der Waals surface area contributed by atoms with Crippen LogP contribution >= 0.6 is 0 Å². The molecule has 76 valence electrons. The number of hydrogen-bond donors (Lipinski definition) is 0. The Morgan fingerprint density at radius 3 is 1.93 bits per heavy atom. The van der Waals surface area contributed by atoms with Crippen molar-refractivity contribution in [3.63, 3.8) is 0 Å². The van der Waals surface area contributed by atoms with Gasteiger partial charge in [-0.1, -0.05) is 48.6 Å². The molecule has 0 N–H and O–H groups in total. The van der Waals surface area contributed by atoms with E-state index in [2.05, 4.69) is 48.6 Å². The Hall–Kier alpha value is -1.04. The minimum absolute atomic E-state index is 1.10. The molecule has 0 saturated heterocycles. The van der Waals surface area contributed by atoms with Crippen LogP contribution in [0.25, 0.3) is 0 Å². The van der Waals surface area contributed by atoms with Crippen LogP contribution in [0.2, 0.25) is 0 Å².